The number of hydrogen-bond donors (Lipinski definition) is 0. The fraction of sp³-hybridized carbons (Fsp3) is 0. The van der Waals surface area contributed by atoms with E-state index in [4.69, 9.17) is 13.8 Å². The first kappa shape index (κ1) is 37.3. The molecule has 0 spiro atoms. The van der Waals surface area contributed by atoms with Gasteiger partial charge >= 0.3 is 0 Å². The highest BCUT2D eigenvalue weighted by atomic mass is 32.1. The average molecular weight is 878 g/mol. The minimum Gasteiger partial charge on any atom is -0.456 e. The van der Waals surface area contributed by atoms with E-state index in [9.17, 15) is 0 Å². The van der Waals surface area contributed by atoms with Gasteiger partial charge in [-0.05, 0) is 99.1 Å². The van der Waals surface area contributed by atoms with Gasteiger partial charge in [0.1, 0.15) is 27.3 Å². The topological polar surface area (TPSA) is 39.2 Å². The van der Waals surface area contributed by atoms with Crippen molar-refractivity contribution in [3.8, 4) is 66.2 Å². The normalized spacial score (nSPS) is 11.9. The molecular weight excluding hydrogens is 843 g/mol. The number of hydrogen-bond acceptors (Lipinski definition) is 5. The molecule has 66 heavy (non-hydrogen) atoms. The zero-order valence-corrected chi connectivity index (χ0v) is 36.9. The summed E-state index contributed by atoms with van der Waals surface area (Å²) in [5, 5.41) is 8.16. The van der Waals surface area contributed by atoms with Crippen molar-refractivity contribution in [1.29, 1.82) is 0 Å². The average Bonchev–Trinajstić information content (AvgIpc) is 4.18. The highest BCUT2D eigenvalue weighted by Crippen LogP contribution is 2.44. The van der Waals surface area contributed by atoms with Gasteiger partial charge < -0.3 is 8.83 Å². The van der Waals surface area contributed by atoms with Gasteiger partial charge in [0.15, 0.2) is 0 Å². The Kier molecular flexibility index (Phi) is 8.32. The largest absolute Gasteiger partial charge is 0.456 e. The molecule has 0 amide bonds. The van der Waals surface area contributed by atoms with Gasteiger partial charge in [-0.1, -0.05) is 158 Å². The Morgan fingerprint density at radius 3 is 1.32 bits per heavy atom. The van der Waals surface area contributed by atoms with Crippen molar-refractivity contribution in [2.24, 2.45) is 0 Å². The Morgan fingerprint density at radius 2 is 0.712 bits per heavy atom. The molecule has 4 aromatic heterocycles. The number of benzene rings is 10. The van der Waals surface area contributed by atoms with Gasteiger partial charge in [0.05, 0.1) is 10.2 Å². The molecule has 4 heterocycles. The lowest BCUT2D eigenvalue weighted by Crippen LogP contribution is -1.86. The van der Waals surface area contributed by atoms with Crippen LogP contribution in [0.1, 0.15) is 0 Å². The summed E-state index contributed by atoms with van der Waals surface area (Å²) in [6, 6.07) is 76.3. The maximum absolute atomic E-state index is 6.13. The third-order valence-electron chi connectivity index (χ3n) is 13.2. The van der Waals surface area contributed by atoms with Crippen LogP contribution in [0.2, 0.25) is 0 Å². The van der Waals surface area contributed by atoms with E-state index >= 15 is 0 Å². The predicted molar refractivity (Wildman–Crippen MR) is 280 cm³/mol. The molecular formula is C61H35NO2S2. The number of nitrogens with zero attached hydrogens (tertiary/aromatic N) is 1. The minimum atomic E-state index is 0.903. The fourth-order valence-electron chi connectivity index (χ4n) is 9.80. The lowest BCUT2D eigenvalue weighted by Gasteiger charge is -2.10. The van der Waals surface area contributed by atoms with Crippen LogP contribution >= 0.6 is 22.7 Å². The van der Waals surface area contributed by atoms with Crippen molar-refractivity contribution in [2.45, 2.75) is 0 Å². The SMILES string of the molecule is c1ccc2c(c1)oc1ccc(-c3ccc(-c4ccc(-c5ccc(-c6ccc7oc8ccccc8c7c6)cc5)c5sc(-c6ccc(-c7ccc8sc9ccccc9c8c7)cc6)nc45)cc3)cc12. The first-order chi connectivity index (χ1) is 32.6. The molecule has 0 aliphatic carbocycles. The van der Waals surface area contributed by atoms with Gasteiger partial charge in [0.25, 0.3) is 0 Å². The fourth-order valence-corrected chi connectivity index (χ4v) is 12.0. The number of thiophene rings is 1. The molecule has 3 nitrogen and oxygen atoms in total. The molecule has 308 valence electrons. The van der Waals surface area contributed by atoms with E-state index in [1.165, 1.54) is 41.6 Å². The summed E-state index contributed by atoms with van der Waals surface area (Å²) >= 11 is 3.62. The molecule has 10 aromatic carbocycles. The van der Waals surface area contributed by atoms with Crippen molar-refractivity contribution >= 4 is 96.9 Å². The quantitative estimate of drug-likeness (QED) is 0.167. The zero-order chi connectivity index (χ0) is 43.3. The van der Waals surface area contributed by atoms with E-state index in [0.717, 1.165) is 98.9 Å². The molecule has 0 bridgehead atoms. The van der Waals surface area contributed by atoms with E-state index in [1.807, 2.05) is 35.6 Å². The predicted octanol–water partition coefficient (Wildman–Crippen LogP) is 18.5. The van der Waals surface area contributed by atoms with Gasteiger partial charge in [0.2, 0.25) is 0 Å². The third-order valence-corrected chi connectivity index (χ3v) is 15.5. The van der Waals surface area contributed by atoms with E-state index in [1.54, 1.807) is 11.3 Å². The molecule has 0 aliphatic rings. The minimum absolute atomic E-state index is 0.903. The molecule has 0 fully saturated rings. The number of aromatic nitrogens is 1. The molecule has 0 N–H and O–H groups in total. The number of thiazole rings is 1. The van der Waals surface area contributed by atoms with Crippen molar-refractivity contribution in [3.63, 3.8) is 0 Å². The van der Waals surface area contributed by atoms with Gasteiger partial charge in [-0.15, -0.1) is 22.7 Å². The summed E-state index contributed by atoms with van der Waals surface area (Å²) in [7, 11) is 0. The Morgan fingerprint density at radius 1 is 0.288 bits per heavy atom. The van der Waals surface area contributed by atoms with Crippen LogP contribution in [0.4, 0.5) is 0 Å². The van der Waals surface area contributed by atoms with E-state index in [0.29, 0.717) is 0 Å². The second-order valence-electron chi connectivity index (χ2n) is 17.0. The maximum atomic E-state index is 6.13. The van der Waals surface area contributed by atoms with Crippen molar-refractivity contribution in [3.05, 3.63) is 212 Å². The number of para-hydroxylation sites is 2. The monoisotopic (exact) mass is 877 g/mol. The van der Waals surface area contributed by atoms with Crippen LogP contribution < -0.4 is 0 Å². The van der Waals surface area contributed by atoms with Crippen LogP contribution in [0.5, 0.6) is 0 Å². The Balaban J connectivity index is 0.847. The van der Waals surface area contributed by atoms with Crippen molar-refractivity contribution in [1.82, 2.24) is 4.98 Å². The van der Waals surface area contributed by atoms with Gasteiger partial charge in [-0.25, -0.2) is 4.98 Å². The number of fused-ring (bicyclic) bond motifs is 10. The highest BCUT2D eigenvalue weighted by Gasteiger charge is 2.18. The Labute approximate surface area is 387 Å². The Hall–Kier alpha value is -8.09. The van der Waals surface area contributed by atoms with Crippen LogP contribution in [-0.4, -0.2) is 4.98 Å². The van der Waals surface area contributed by atoms with E-state index in [2.05, 4.69) is 188 Å². The summed E-state index contributed by atoms with van der Waals surface area (Å²) in [4.78, 5) is 5.47. The first-order valence-corrected chi connectivity index (χ1v) is 23.8. The van der Waals surface area contributed by atoms with Crippen molar-refractivity contribution < 1.29 is 8.83 Å². The summed E-state index contributed by atoms with van der Waals surface area (Å²) in [5.74, 6) is 0. The lowest BCUT2D eigenvalue weighted by atomic mass is 9.95. The summed E-state index contributed by atoms with van der Waals surface area (Å²) < 4.78 is 16.1. The third kappa shape index (κ3) is 6.05. The zero-order valence-electron chi connectivity index (χ0n) is 35.3. The smallest absolute Gasteiger partial charge is 0.135 e. The standard InChI is InChI=1S/C61H35NO2S2/c1-4-10-53-47(7-1)50-33-42(25-30-55(50)63-53)36-13-19-39(20-14-36)45-28-29-46(40-21-15-37(16-22-40)43-26-31-56-51(34-43)48-8-2-5-11-54(48)64-56)60-59(45)62-61(66-60)41-23-17-38(18-24-41)44-27-32-58-52(35-44)49-9-3-6-12-57(49)65-58/h1-35H. The molecule has 0 aliphatic heterocycles. The molecule has 0 unspecified atom stereocenters. The molecule has 0 radical (unpaired) electrons. The molecule has 5 heteroatoms. The molecule has 0 saturated carbocycles. The van der Waals surface area contributed by atoms with Crippen LogP contribution in [0.25, 0.3) is 140 Å². The van der Waals surface area contributed by atoms with Gasteiger partial charge in [0, 0.05) is 58.4 Å². The lowest BCUT2D eigenvalue weighted by molar-refractivity contribution is 0.668. The second kappa shape index (κ2) is 14.7. The first-order valence-electron chi connectivity index (χ1n) is 22.2. The summed E-state index contributed by atoms with van der Waals surface area (Å²) in [6.45, 7) is 0. The van der Waals surface area contributed by atoms with Crippen LogP contribution in [-0.2, 0) is 0 Å². The molecule has 14 rings (SSSR count). The van der Waals surface area contributed by atoms with Crippen LogP contribution in [0, 0.1) is 0 Å². The maximum Gasteiger partial charge on any atom is 0.135 e. The van der Waals surface area contributed by atoms with Crippen LogP contribution in [0.3, 0.4) is 0 Å². The van der Waals surface area contributed by atoms with Crippen LogP contribution in [0.15, 0.2) is 221 Å². The highest BCUT2D eigenvalue weighted by molar-refractivity contribution is 7.25. The molecule has 14 aromatic rings. The van der Waals surface area contributed by atoms with Crippen molar-refractivity contribution in [2.75, 3.05) is 0 Å². The van der Waals surface area contributed by atoms with Gasteiger partial charge in [-0.2, -0.15) is 0 Å². The number of furan rings is 2. The molecule has 0 saturated heterocycles. The second-order valence-corrected chi connectivity index (χ2v) is 19.1. The Bertz CT molecular complexity index is 4010. The van der Waals surface area contributed by atoms with E-state index in [-0.39, 0.29) is 0 Å². The summed E-state index contributed by atoms with van der Waals surface area (Å²) in [6.07, 6.45) is 0. The molecule has 0 atom stereocenters. The van der Waals surface area contributed by atoms with E-state index < -0.39 is 0 Å². The number of rotatable bonds is 6. The summed E-state index contributed by atoms with van der Waals surface area (Å²) in [5.41, 5.74) is 17.4. The van der Waals surface area contributed by atoms with Gasteiger partial charge in [-0.3, -0.25) is 0 Å².